The van der Waals surface area contributed by atoms with E-state index < -0.39 is 9.73 Å². The van der Waals surface area contributed by atoms with Crippen molar-refractivity contribution in [3.63, 3.8) is 0 Å². The molecule has 1 unspecified atom stereocenters. The summed E-state index contributed by atoms with van der Waals surface area (Å²) < 4.78 is 29.2. The molecule has 0 bridgehead atoms. The Labute approximate surface area is 310 Å². The number of phenols is 2. The number of phenolic OH excluding ortho intramolecular Hbond substituents is 2. The van der Waals surface area contributed by atoms with E-state index in [9.17, 15) is 14.4 Å². The molecule has 12 heteroatoms. The monoisotopic (exact) mass is 777 g/mol. The van der Waals surface area contributed by atoms with E-state index in [-0.39, 0.29) is 11.5 Å². The van der Waals surface area contributed by atoms with Crippen LogP contribution in [0.5, 0.6) is 23.0 Å². The van der Waals surface area contributed by atoms with E-state index >= 15 is 0 Å². The van der Waals surface area contributed by atoms with Gasteiger partial charge in [-0.1, -0.05) is 28.1 Å². The van der Waals surface area contributed by atoms with Gasteiger partial charge in [0.15, 0.2) is 0 Å². The topological polar surface area (TPSA) is 138 Å². The lowest BCUT2D eigenvalue weighted by Gasteiger charge is -2.12. The number of nitrogens with one attached hydrogen (secondary N) is 2. The van der Waals surface area contributed by atoms with E-state index in [1.807, 2.05) is 85.8 Å². The Balaban J connectivity index is 0.000000192. The molecule has 52 heavy (non-hydrogen) atoms. The van der Waals surface area contributed by atoms with Gasteiger partial charge in [0.05, 0.1) is 40.7 Å². The molecule has 0 saturated heterocycles. The smallest absolute Gasteiger partial charge is 0.124 e. The molecule has 2 aromatic heterocycles. The van der Waals surface area contributed by atoms with Crippen LogP contribution in [0.25, 0.3) is 21.8 Å². The summed E-state index contributed by atoms with van der Waals surface area (Å²) in [6.07, 6.45) is 5.10. The number of aryl methyl sites for hydroxylation is 1. The first kappa shape index (κ1) is 36.0. The number of aromatic nitrogens is 2. The number of rotatable bonds is 8. The maximum Gasteiger partial charge on any atom is 0.124 e. The van der Waals surface area contributed by atoms with Crippen LogP contribution in [0.1, 0.15) is 5.56 Å². The number of methoxy groups -OCH3 is 2. The molecule has 0 radical (unpaired) electrons. The minimum absolute atomic E-state index is 0.0970. The second kappa shape index (κ2) is 15.6. The molecule has 0 amide bonds. The second-order valence-corrected chi connectivity index (χ2v) is 15.1. The zero-order valence-corrected chi connectivity index (χ0v) is 31.2. The summed E-state index contributed by atoms with van der Waals surface area (Å²) >= 11 is 3.47. The quantitative estimate of drug-likeness (QED) is 0.119. The van der Waals surface area contributed by atoms with Crippen LogP contribution in [0.3, 0.4) is 0 Å². The first-order chi connectivity index (χ1) is 25.0. The molecule has 1 atom stereocenters. The Morgan fingerprint density at radius 2 is 1.25 bits per heavy atom. The number of hydrogen-bond acceptors (Lipinski definition) is 10. The van der Waals surface area contributed by atoms with Gasteiger partial charge in [-0.3, -0.25) is 9.97 Å². The second-order valence-electron chi connectivity index (χ2n) is 11.9. The molecule has 10 nitrogen and oxygen atoms in total. The Bertz CT molecular complexity index is 2540. The molecule has 0 fully saturated rings. The fraction of sp³-hybridized carbons (Fsp3) is 0.100. The molecule has 5 aromatic carbocycles. The summed E-state index contributed by atoms with van der Waals surface area (Å²) in [7, 11) is 0.507. The molecule has 7 rings (SSSR count). The summed E-state index contributed by atoms with van der Waals surface area (Å²) in [4.78, 5) is 9.45. The van der Waals surface area contributed by atoms with Crippen LogP contribution in [-0.2, 0) is 9.73 Å². The Hall–Kier alpha value is -5.85. The van der Waals surface area contributed by atoms with E-state index in [0.717, 1.165) is 48.9 Å². The summed E-state index contributed by atoms with van der Waals surface area (Å²) in [6, 6.07) is 32.7. The molecule has 0 aliphatic carbocycles. The summed E-state index contributed by atoms with van der Waals surface area (Å²) in [5, 5.41) is 28.1. The van der Waals surface area contributed by atoms with Crippen LogP contribution < -0.4 is 20.1 Å². The molecule has 0 aliphatic rings. The van der Waals surface area contributed by atoms with Gasteiger partial charge in [0.25, 0.3) is 0 Å². The van der Waals surface area contributed by atoms with Crippen molar-refractivity contribution < 1.29 is 23.9 Å². The lowest BCUT2D eigenvalue weighted by molar-refractivity contribution is 0.407. The SMILES string of the molecule is COc1cc(O)cc(Nc2ccnc3ccc(Br)cc23)c1.COc1cc(O)cc(Nc2ccnc3ccc(N=S(C)(=O)c4cccc(C)c4)cc23)c1. The molecular weight excluding hydrogens is 742 g/mol. The normalized spacial score (nSPS) is 11.9. The average molecular weight is 779 g/mol. The van der Waals surface area contributed by atoms with Crippen molar-refractivity contribution in [2.24, 2.45) is 4.36 Å². The van der Waals surface area contributed by atoms with Crippen LogP contribution in [0, 0.1) is 6.92 Å². The highest BCUT2D eigenvalue weighted by Gasteiger charge is 2.10. The van der Waals surface area contributed by atoms with Crippen molar-refractivity contribution in [2.45, 2.75) is 11.8 Å². The van der Waals surface area contributed by atoms with E-state index in [1.54, 1.807) is 57.1 Å². The maximum absolute atomic E-state index is 13.3. The number of fused-ring (bicyclic) bond motifs is 2. The van der Waals surface area contributed by atoms with Crippen molar-refractivity contribution in [1.29, 1.82) is 0 Å². The number of halogens is 1. The van der Waals surface area contributed by atoms with Gasteiger partial charge in [0, 0.05) is 97.9 Å². The van der Waals surface area contributed by atoms with Gasteiger partial charge in [0.1, 0.15) is 23.0 Å². The van der Waals surface area contributed by atoms with Crippen LogP contribution in [0.4, 0.5) is 28.4 Å². The highest BCUT2D eigenvalue weighted by atomic mass is 79.9. The van der Waals surface area contributed by atoms with Gasteiger partial charge in [-0.25, -0.2) is 4.21 Å². The standard InChI is InChI=1S/C24H23N3O3S.C16H13BrN2O2/c1-16-5-4-6-21(11-16)31(3,29)27-17-7-8-23-22(14-17)24(9-10-25-23)26-18-12-19(28)15-20(13-18)30-2;1-21-13-8-11(7-12(20)9-13)19-16-4-5-18-15-3-2-10(17)6-14(15)16/h4-15,28H,1-3H3,(H,25,26);2-9,20H,1H3,(H,18,19). The first-order valence-electron chi connectivity index (χ1n) is 16.0. The van der Waals surface area contributed by atoms with Gasteiger partial charge in [-0.2, -0.15) is 4.36 Å². The third-order valence-corrected chi connectivity index (χ3v) is 10.1. The van der Waals surface area contributed by atoms with Crippen LogP contribution in [-0.4, -0.2) is 44.9 Å². The van der Waals surface area contributed by atoms with Gasteiger partial charge >= 0.3 is 0 Å². The highest BCUT2D eigenvalue weighted by molar-refractivity contribution is 9.10. The Morgan fingerprint density at radius 3 is 1.81 bits per heavy atom. The van der Waals surface area contributed by atoms with Crippen molar-refractivity contribution in [3.05, 3.63) is 132 Å². The Kier molecular flexibility index (Phi) is 10.8. The zero-order chi connectivity index (χ0) is 36.8. The lowest BCUT2D eigenvalue weighted by atomic mass is 10.1. The van der Waals surface area contributed by atoms with Crippen molar-refractivity contribution in [3.8, 4) is 23.0 Å². The molecule has 0 aliphatic heterocycles. The molecule has 4 N–H and O–H groups in total. The maximum atomic E-state index is 13.3. The van der Waals surface area contributed by atoms with E-state index in [2.05, 4.69) is 40.9 Å². The fourth-order valence-electron chi connectivity index (χ4n) is 5.49. The molecular formula is C40H36BrN5O5S. The number of nitrogens with zero attached hydrogens (tertiary/aromatic N) is 3. The summed E-state index contributed by atoms with van der Waals surface area (Å²) in [5.41, 5.74) is 6.43. The average Bonchev–Trinajstić information content (AvgIpc) is 3.12. The predicted octanol–water partition coefficient (Wildman–Crippen LogP) is 10.2. The molecule has 2 heterocycles. The van der Waals surface area contributed by atoms with Gasteiger partial charge in [-0.05, 0) is 73.2 Å². The van der Waals surface area contributed by atoms with Crippen LogP contribution in [0.2, 0.25) is 0 Å². The minimum atomic E-state index is -2.61. The zero-order valence-electron chi connectivity index (χ0n) is 28.8. The number of benzene rings is 5. The first-order valence-corrected chi connectivity index (χ1v) is 18.7. The van der Waals surface area contributed by atoms with E-state index in [0.29, 0.717) is 27.8 Å². The largest absolute Gasteiger partial charge is 0.508 e. The molecule has 0 saturated carbocycles. The summed E-state index contributed by atoms with van der Waals surface area (Å²) in [5.74, 6) is 1.38. The van der Waals surface area contributed by atoms with E-state index in [4.69, 9.17) is 9.47 Å². The summed E-state index contributed by atoms with van der Waals surface area (Å²) in [6.45, 7) is 1.97. The van der Waals surface area contributed by atoms with Gasteiger partial charge < -0.3 is 30.3 Å². The predicted molar refractivity (Wildman–Crippen MR) is 213 cm³/mol. The fourth-order valence-corrected chi connectivity index (χ4v) is 7.21. The number of pyridine rings is 2. The minimum Gasteiger partial charge on any atom is -0.508 e. The lowest BCUT2D eigenvalue weighted by Crippen LogP contribution is -1.97. The third-order valence-electron chi connectivity index (χ3n) is 7.95. The number of aromatic hydroxyl groups is 2. The third kappa shape index (κ3) is 8.71. The van der Waals surface area contributed by atoms with Gasteiger partial charge in [0.2, 0.25) is 0 Å². The van der Waals surface area contributed by atoms with Crippen molar-refractivity contribution in [1.82, 2.24) is 9.97 Å². The van der Waals surface area contributed by atoms with Crippen LogP contribution in [0.15, 0.2) is 135 Å². The molecule has 0 spiro atoms. The number of ether oxygens (including phenoxy) is 2. The van der Waals surface area contributed by atoms with Crippen LogP contribution >= 0.6 is 15.9 Å². The van der Waals surface area contributed by atoms with E-state index in [1.165, 1.54) is 6.07 Å². The van der Waals surface area contributed by atoms with Crippen molar-refractivity contribution in [2.75, 3.05) is 31.1 Å². The highest BCUT2D eigenvalue weighted by Crippen LogP contribution is 2.34. The molecule has 7 aromatic rings. The van der Waals surface area contributed by atoms with Crippen molar-refractivity contribution >= 4 is 75.9 Å². The molecule has 264 valence electrons. The number of anilines is 4. The Morgan fingerprint density at radius 1 is 0.692 bits per heavy atom. The van der Waals surface area contributed by atoms with Gasteiger partial charge in [-0.15, -0.1) is 0 Å². The number of hydrogen-bond donors (Lipinski definition) is 4.